The Morgan fingerprint density at radius 3 is 1.98 bits per heavy atom. The molecule has 0 aliphatic carbocycles. The number of hydrogen-bond acceptors (Lipinski definition) is 11. The van der Waals surface area contributed by atoms with E-state index in [9.17, 15) is 37.5 Å². The molecule has 2 aliphatic heterocycles. The van der Waals surface area contributed by atoms with Crippen LogP contribution in [0.4, 0.5) is 13.2 Å². The van der Waals surface area contributed by atoms with Crippen LogP contribution < -0.4 is 18.9 Å². The van der Waals surface area contributed by atoms with Gasteiger partial charge in [-0.3, -0.25) is 24.2 Å². The number of alkyl halides is 3. The number of benzene rings is 3. The molecule has 0 radical (unpaired) electrons. The lowest BCUT2D eigenvalue weighted by Gasteiger charge is -2.23. The van der Waals surface area contributed by atoms with Crippen molar-refractivity contribution in [2.75, 3.05) is 33.9 Å². The lowest BCUT2D eigenvalue weighted by Crippen LogP contribution is -2.28. The van der Waals surface area contributed by atoms with Crippen molar-refractivity contribution < 1.29 is 56.4 Å². The van der Waals surface area contributed by atoms with Gasteiger partial charge >= 0.3 is 6.18 Å². The van der Waals surface area contributed by atoms with E-state index >= 15 is 0 Å². The van der Waals surface area contributed by atoms with Crippen LogP contribution >= 0.6 is 0 Å². The van der Waals surface area contributed by atoms with Gasteiger partial charge in [-0.1, -0.05) is 24.3 Å². The first-order valence-corrected chi connectivity index (χ1v) is 16.7. The first-order valence-electron chi connectivity index (χ1n) is 16.7. The van der Waals surface area contributed by atoms with E-state index in [0.29, 0.717) is 48.1 Å². The van der Waals surface area contributed by atoms with Gasteiger partial charge < -0.3 is 29.0 Å². The highest BCUT2D eigenvalue weighted by molar-refractivity contribution is 6.03. The highest BCUT2D eigenvalue weighted by Crippen LogP contribution is 2.34. The number of carbonyl (C=O) groups excluding carboxylic acids is 4. The molecular formula is C39H37F3N2O9. The third-order valence-electron chi connectivity index (χ3n) is 8.11. The lowest BCUT2D eigenvalue weighted by molar-refractivity contribution is -0.138. The van der Waals surface area contributed by atoms with Gasteiger partial charge in [-0.2, -0.15) is 13.2 Å². The lowest BCUT2D eigenvalue weighted by atomic mass is 9.97. The van der Waals surface area contributed by atoms with E-state index < -0.39 is 41.7 Å². The smallest absolute Gasteiger partial charge is 0.418 e. The largest absolute Gasteiger partial charge is 0.486 e. The van der Waals surface area contributed by atoms with Gasteiger partial charge in [0.05, 0.1) is 5.56 Å². The van der Waals surface area contributed by atoms with Gasteiger partial charge in [0.15, 0.2) is 52.7 Å². The first kappa shape index (κ1) is 38.6. The van der Waals surface area contributed by atoms with E-state index in [0.717, 1.165) is 23.9 Å². The van der Waals surface area contributed by atoms with Crippen LogP contribution in [-0.4, -0.2) is 78.3 Å². The van der Waals surface area contributed by atoms with Crippen molar-refractivity contribution in [2.45, 2.75) is 44.7 Å². The maximum atomic E-state index is 13.0. The zero-order valence-corrected chi connectivity index (χ0v) is 29.0. The molecule has 3 heterocycles. The predicted octanol–water partition coefficient (Wildman–Crippen LogP) is 6.40. The molecule has 278 valence electrons. The maximum absolute atomic E-state index is 13.0. The number of Topliss-reactive ketones (excluding diaryl/α,β-unsaturated/α-hetero) is 4. The summed E-state index contributed by atoms with van der Waals surface area (Å²) in [5.41, 5.74) is 0.573. The molecule has 53 heavy (non-hydrogen) atoms. The van der Waals surface area contributed by atoms with Crippen LogP contribution in [0.5, 0.6) is 23.0 Å². The van der Waals surface area contributed by atoms with Gasteiger partial charge in [0.2, 0.25) is 6.29 Å². The molecule has 4 aromatic rings. The molecule has 0 amide bonds. The summed E-state index contributed by atoms with van der Waals surface area (Å²) in [4.78, 5) is 55.0. The molecule has 1 unspecified atom stereocenters. The van der Waals surface area contributed by atoms with Crippen molar-refractivity contribution in [3.8, 4) is 23.0 Å². The van der Waals surface area contributed by atoms with Gasteiger partial charge in [-0.25, -0.2) is 0 Å². The van der Waals surface area contributed by atoms with Crippen molar-refractivity contribution in [3.05, 3.63) is 113 Å². The Bertz CT molecular complexity index is 1980. The summed E-state index contributed by atoms with van der Waals surface area (Å²) in [5, 5.41) is 9.40. The highest BCUT2D eigenvalue weighted by Gasteiger charge is 2.36. The predicted molar refractivity (Wildman–Crippen MR) is 185 cm³/mol. The van der Waals surface area contributed by atoms with Gasteiger partial charge in [0.25, 0.3) is 0 Å². The van der Waals surface area contributed by atoms with Crippen molar-refractivity contribution in [2.24, 2.45) is 0 Å². The molecule has 0 spiro atoms. The van der Waals surface area contributed by atoms with Crippen LogP contribution in [0.1, 0.15) is 78.4 Å². The molecule has 1 atom stereocenters. The molecule has 0 saturated heterocycles. The molecule has 0 saturated carbocycles. The number of rotatable bonds is 12. The van der Waals surface area contributed by atoms with Crippen LogP contribution in [0.3, 0.4) is 0 Å². The number of nitrogens with zero attached hydrogens (tertiary/aromatic N) is 2. The van der Waals surface area contributed by atoms with Crippen molar-refractivity contribution in [1.29, 1.82) is 0 Å². The van der Waals surface area contributed by atoms with Crippen molar-refractivity contribution in [3.63, 3.8) is 0 Å². The number of pyridine rings is 1. The minimum Gasteiger partial charge on any atom is -0.486 e. The molecule has 0 bridgehead atoms. The van der Waals surface area contributed by atoms with Gasteiger partial charge in [0.1, 0.15) is 18.9 Å². The normalized spacial score (nSPS) is 14.5. The highest BCUT2D eigenvalue weighted by atomic mass is 19.4. The summed E-state index contributed by atoms with van der Waals surface area (Å²) in [6.07, 6.45) is -5.12. The number of ether oxygens (including phenoxy) is 4. The summed E-state index contributed by atoms with van der Waals surface area (Å²) < 4.78 is 60.2. The van der Waals surface area contributed by atoms with Crippen LogP contribution in [0.25, 0.3) is 0 Å². The Balaban J connectivity index is 0.000000204. The van der Waals surface area contributed by atoms with E-state index in [2.05, 4.69) is 4.98 Å². The number of carbonyl (C=O) groups is 4. The van der Waals surface area contributed by atoms with Crippen LogP contribution in [0, 0.1) is 0 Å². The fraction of sp³-hybridized carbons (Fsp3) is 0.308. The van der Waals surface area contributed by atoms with Gasteiger partial charge in [-0.05, 0) is 68.2 Å². The first-order chi connectivity index (χ1) is 25.3. The Labute approximate surface area is 303 Å². The SMILES string of the molecule is CN(C)Cc1ccccc1C(=O)CCC(=O)c1ccc2c(c1)OCCO2.O=C(CCC(=O)c1ncccc1C(F)(F)F)c1ccc2c(c1)OC(O)CO2. The standard InChI is InChI=1S/C21H23NO4.C18H14F3NO5/c1-22(2)14-16-5-3-4-6-17(16)19(24)9-8-18(23)15-7-10-20-21(13-15)26-12-11-25-20;19-18(20,21)11-2-1-7-22-17(11)13(24)5-4-12(23)10-3-6-14-15(8-10)27-16(25)9-26-14/h3-7,10,13H,8-9,11-12,14H2,1-2H3;1-3,6-8,16,25H,4-5,9H2. The summed E-state index contributed by atoms with van der Waals surface area (Å²) in [7, 11) is 3.93. The quantitative estimate of drug-likeness (QED) is 0.162. The van der Waals surface area contributed by atoms with E-state index in [1.807, 2.05) is 43.3 Å². The molecule has 2 aliphatic rings. The number of aliphatic hydroxyl groups excluding tert-OH is 1. The van der Waals surface area contributed by atoms with Crippen molar-refractivity contribution >= 4 is 23.1 Å². The Morgan fingerprint density at radius 1 is 0.736 bits per heavy atom. The van der Waals surface area contributed by atoms with Crippen LogP contribution in [0.15, 0.2) is 79.0 Å². The average Bonchev–Trinajstić information content (AvgIpc) is 3.15. The summed E-state index contributed by atoms with van der Waals surface area (Å²) >= 11 is 0. The Kier molecular flexibility index (Phi) is 12.6. The minimum atomic E-state index is -4.71. The molecule has 11 nitrogen and oxygen atoms in total. The zero-order chi connectivity index (χ0) is 38.1. The molecule has 6 rings (SSSR count). The second-order valence-electron chi connectivity index (χ2n) is 12.4. The minimum absolute atomic E-state index is 0.00616. The summed E-state index contributed by atoms with van der Waals surface area (Å²) in [6, 6.07) is 18.9. The number of fused-ring (bicyclic) bond motifs is 2. The molecule has 1 N–H and O–H groups in total. The molecule has 0 fully saturated rings. The van der Waals surface area contributed by atoms with Crippen LogP contribution in [-0.2, 0) is 12.7 Å². The van der Waals surface area contributed by atoms with E-state index in [1.165, 1.54) is 18.2 Å². The number of aromatic nitrogens is 1. The number of halogens is 3. The third kappa shape index (κ3) is 10.3. The topological polar surface area (TPSA) is 142 Å². The molecule has 1 aromatic heterocycles. The molecule has 14 heteroatoms. The maximum Gasteiger partial charge on any atom is 0.418 e. The Morgan fingerprint density at radius 2 is 1.32 bits per heavy atom. The summed E-state index contributed by atoms with van der Waals surface area (Å²) in [6.45, 7) is 1.64. The fourth-order valence-electron chi connectivity index (χ4n) is 5.57. The van der Waals surface area contributed by atoms with E-state index in [-0.39, 0.29) is 48.7 Å². The summed E-state index contributed by atoms with van der Waals surface area (Å²) in [5.74, 6) is 0.370. The van der Waals surface area contributed by atoms with Gasteiger partial charge in [-0.15, -0.1) is 0 Å². The molecule has 3 aromatic carbocycles. The average molecular weight is 735 g/mol. The number of ketones is 4. The number of hydrogen-bond donors (Lipinski definition) is 1. The van der Waals surface area contributed by atoms with Gasteiger partial charge in [0, 0.05) is 55.1 Å². The van der Waals surface area contributed by atoms with Crippen LogP contribution in [0.2, 0.25) is 0 Å². The third-order valence-corrected chi connectivity index (χ3v) is 8.11. The second kappa shape index (κ2) is 17.3. The van der Waals surface area contributed by atoms with E-state index in [1.54, 1.807) is 18.2 Å². The van der Waals surface area contributed by atoms with E-state index in [4.69, 9.17) is 18.9 Å². The fourth-order valence-corrected chi connectivity index (χ4v) is 5.57. The number of aliphatic hydroxyl groups is 1. The second-order valence-corrected chi connectivity index (χ2v) is 12.4. The monoisotopic (exact) mass is 734 g/mol. The molecular weight excluding hydrogens is 697 g/mol. The zero-order valence-electron chi connectivity index (χ0n) is 29.0. The van der Waals surface area contributed by atoms with Crippen molar-refractivity contribution in [1.82, 2.24) is 9.88 Å². The Hall–Kier alpha value is -5.60.